The Balaban J connectivity index is 4.28. The molecule has 0 unspecified atom stereocenters. The maximum atomic E-state index is 10.6. The second kappa shape index (κ2) is 3.22. The zero-order chi connectivity index (χ0) is 7.49. The first-order valence-electron chi connectivity index (χ1n) is 3.17. The summed E-state index contributed by atoms with van der Waals surface area (Å²) in [5.41, 5.74) is 0. The van der Waals surface area contributed by atoms with Crippen LogP contribution in [0.1, 0.15) is 13.8 Å². The smallest absolute Gasteiger partial charge is 0.152 e. The molecule has 0 rings (SSSR count). The van der Waals surface area contributed by atoms with E-state index in [1.54, 1.807) is 6.92 Å². The van der Waals surface area contributed by atoms with Crippen molar-refractivity contribution < 1.29 is 4.79 Å². The van der Waals surface area contributed by atoms with Gasteiger partial charge in [0.25, 0.3) is 0 Å². The van der Waals surface area contributed by atoms with E-state index in [4.69, 9.17) is 0 Å². The van der Waals surface area contributed by atoms with E-state index < -0.39 is 6.89 Å². The van der Waals surface area contributed by atoms with Gasteiger partial charge in [-0.15, -0.1) is 6.89 Å². The summed E-state index contributed by atoms with van der Waals surface area (Å²) in [7, 11) is 0. The first-order chi connectivity index (χ1) is 3.98. The van der Waals surface area contributed by atoms with Gasteiger partial charge < -0.3 is 0 Å². The van der Waals surface area contributed by atoms with Gasteiger partial charge in [0.15, 0.2) is 5.78 Å². The molecule has 0 bridgehead atoms. The SMILES string of the molecule is CCP(C)(C)=CC(C)=O. The van der Waals surface area contributed by atoms with Crippen LogP contribution in [0.15, 0.2) is 0 Å². The van der Waals surface area contributed by atoms with E-state index in [1.165, 1.54) is 0 Å². The fourth-order valence-corrected chi connectivity index (χ4v) is 1.75. The number of hydrogen-bond acceptors (Lipinski definition) is 1. The van der Waals surface area contributed by atoms with E-state index in [-0.39, 0.29) is 5.78 Å². The van der Waals surface area contributed by atoms with E-state index in [0.717, 1.165) is 6.16 Å². The lowest BCUT2D eigenvalue weighted by atomic mass is 10.5. The molecular formula is C7H15OP. The Morgan fingerprint density at radius 3 is 2.11 bits per heavy atom. The fraction of sp³-hybridized carbons (Fsp3) is 0.714. The average molecular weight is 146 g/mol. The van der Waals surface area contributed by atoms with Crippen molar-refractivity contribution >= 4 is 18.5 Å². The van der Waals surface area contributed by atoms with E-state index in [9.17, 15) is 4.79 Å². The minimum Gasteiger partial charge on any atom is -0.295 e. The van der Waals surface area contributed by atoms with Crippen molar-refractivity contribution in [2.24, 2.45) is 0 Å². The molecule has 0 amide bonds. The molecule has 0 radical (unpaired) electrons. The molecule has 0 N–H and O–H groups in total. The van der Waals surface area contributed by atoms with Gasteiger partial charge in [-0.25, -0.2) is 0 Å². The molecule has 0 aromatic carbocycles. The van der Waals surface area contributed by atoms with Gasteiger partial charge in [0.1, 0.15) is 0 Å². The van der Waals surface area contributed by atoms with Gasteiger partial charge in [-0.1, -0.05) is 6.92 Å². The van der Waals surface area contributed by atoms with Crippen molar-refractivity contribution in [2.75, 3.05) is 19.5 Å². The third-order valence-corrected chi connectivity index (χ3v) is 4.04. The van der Waals surface area contributed by atoms with Gasteiger partial charge in [0.2, 0.25) is 0 Å². The monoisotopic (exact) mass is 146 g/mol. The molecular weight excluding hydrogens is 131 g/mol. The van der Waals surface area contributed by atoms with Crippen LogP contribution in [-0.4, -0.2) is 31.1 Å². The Kier molecular flexibility index (Phi) is 3.21. The summed E-state index contributed by atoms with van der Waals surface area (Å²) in [5.74, 6) is 2.10. The standard InChI is InChI=1S/C7H15OP/c1-5-9(3,4)6-7(2)8/h6H,5H2,1-4H3. The maximum Gasteiger partial charge on any atom is 0.152 e. The van der Waals surface area contributed by atoms with Gasteiger partial charge in [-0.3, -0.25) is 4.79 Å². The predicted octanol–water partition coefficient (Wildman–Crippen LogP) is 1.67. The highest BCUT2D eigenvalue weighted by Crippen LogP contribution is 2.36. The van der Waals surface area contributed by atoms with Crippen molar-refractivity contribution in [2.45, 2.75) is 13.8 Å². The summed E-state index contributed by atoms with van der Waals surface area (Å²) in [6.45, 7) is 7.15. The summed E-state index contributed by atoms with van der Waals surface area (Å²) >= 11 is 0. The minimum absolute atomic E-state index is 0.218. The van der Waals surface area contributed by atoms with E-state index in [0.29, 0.717) is 0 Å². The summed E-state index contributed by atoms with van der Waals surface area (Å²) < 4.78 is 0. The lowest BCUT2D eigenvalue weighted by Crippen LogP contribution is -1.95. The molecule has 0 aromatic heterocycles. The largest absolute Gasteiger partial charge is 0.295 e. The first kappa shape index (κ1) is 8.97. The van der Waals surface area contributed by atoms with Gasteiger partial charge >= 0.3 is 0 Å². The van der Waals surface area contributed by atoms with Gasteiger partial charge in [-0.05, 0) is 32.2 Å². The molecule has 0 saturated carbocycles. The number of ketones is 1. The lowest BCUT2D eigenvalue weighted by Gasteiger charge is -2.09. The maximum absolute atomic E-state index is 10.6. The molecule has 0 aliphatic carbocycles. The minimum atomic E-state index is -0.954. The second-order valence-electron chi connectivity index (χ2n) is 2.83. The molecule has 0 heterocycles. The van der Waals surface area contributed by atoms with Gasteiger partial charge in [-0.2, -0.15) is 0 Å². The van der Waals surface area contributed by atoms with Crippen LogP contribution in [0.25, 0.3) is 0 Å². The second-order valence-corrected chi connectivity index (χ2v) is 7.28. The summed E-state index contributed by atoms with van der Waals surface area (Å²) in [5, 5.41) is 0. The summed E-state index contributed by atoms with van der Waals surface area (Å²) in [6.07, 6.45) is 1.13. The van der Waals surface area contributed by atoms with Crippen LogP contribution in [-0.2, 0) is 4.79 Å². The molecule has 0 saturated heterocycles. The molecule has 9 heavy (non-hydrogen) atoms. The van der Waals surface area contributed by atoms with E-state index in [1.807, 2.05) is 5.80 Å². The Bertz CT molecular complexity index is 152. The lowest BCUT2D eigenvalue weighted by molar-refractivity contribution is -0.110. The number of carbonyl (C=O) groups is 1. The normalized spacial score (nSPS) is 11.1. The first-order valence-corrected chi connectivity index (χ1v) is 6.11. The van der Waals surface area contributed by atoms with E-state index >= 15 is 0 Å². The summed E-state index contributed by atoms with van der Waals surface area (Å²) in [4.78, 5) is 10.6. The molecule has 2 heteroatoms. The van der Waals surface area contributed by atoms with Crippen LogP contribution in [0.4, 0.5) is 0 Å². The van der Waals surface area contributed by atoms with Crippen LogP contribution in [0.2, 0.25) is 0 Å². The third-order valence-electron chi connectivity index (χ3n) is 1.35. The molecule has 1 nitrogen and oxygen atoms in total. The van der Waals surface area contributed by atoms with Crippen LogP contribution in [0.5, 0.6) is 0 Å². The zero-order valence-corrected chi connectivity index (χ0v) is 7.53. The number of carbonyl (C=O) groups excluding carboxylic acids is 1. The fourth-order valence-electron chi connectivity index (χ4n) is 0.583. The van der Waals surface area contributed by atoms with Crippen molar-refractivity contribution in [1.29, 1.82) is 0 Å². The molecule has 0 aromatic rings. The Morgan fingerprint density at radius 1 is 1.56 bits per heavy atom. The van der Waals surface area contributed by atoms with Crippen LogP contribution in [0.3, 0.4) is 0 Å². The van der Waals surface area contributed by atoms with Crippen molar-refractivity contribution in [1.82, 2.24) is 0 Å². The Hall–Kier alpha value is -0.0300. The van der Waals surface area contributed by atoms with Gasteiger partial charge in [0, 0.05) is 0 Å². The molecule has 0 atom stereocenters. The third kappa shape index (κ3) is 4.47. The predicted molar refractivity (Wildman–Crippen MR) is 46.1 cm³/mol. The summed E-state index contributed by atoms with van der Waals surface area (Å²) in [6, 6.07) is 0. The van der Waals surface area contributed by atoms with E-state index in [2.05, 4.69) is 20.3 Å². The Labute approximate surface area is 57.4 Å². The molecule has 0 aliphatic heterocycles. The van der Waals surface area contributed by atoms with Crippen LogP contribution >= 0.6 is 6.89 Å². The van der Waals surface area contributed by atoms with Crippen molar-refractivity contribution in [3.63, 3.8) is 0 Å². The highest BCUT2D eigenvalue weighted by molar-refractivity contribution is 7.74. The zero-order valence-electron chi connectivity index (χ0n) is 6.64. The van der Waals surface area contributed by atoms with Crippen molar-refractivity contribution in [3.8, 4) is 0 Å². The molecule has 54 valence electrons. The topological polar surface area (TPSA) is 17.1 Å². The number of rotatable bonds is 2. The van der Waals surface area contributed by atoms with Crippen LogP contribution in [0, 0.1) is 0 Å². The number of Topliss-reactive ketones (excluding diaryl/α,β-unsaturated/α-hetero) is 1. The molecule has 0 fully saturated rings. The quantitative estimate of drug-likeness (QED) is 0.541. The highest BCUT2D eigenvalue weighted by atomic mass is 31.2. The highest BCUT2D eigenvalue weighted by Gasteiger charge is 1.99. The van der Waals surface area contributed by atoms with Crippen LogP contribution < -0.4 is 0 Å². The molecule has 0 aliphatic rings. The van der Waals surface area contributed by atoms with Gasteiger partial charge in [0.05, 0.1) is 0 Å². The number of hydrogen-bond donors (Lipinski definition) is 0. The molecule has 0 spiro atoms. The van der Waals surface area contributed by atoms with Crippen molar-refractivity contribution in [3.05, 3.63) is 0 Å². The average Bonchev–Trinajstić information content (AvgIpc) is 1.63. The Morgan fingerprint density at radius 2 is 2.00 bits per heavy atom.